The second-order valence-electron chi connectivity index (χ2n) is 11.1. The number of halogens is 1. The molecule has 0 radical (unpaired) electrons. The number of nitrogens with zero attached hydrogens (tertiary/aromatic N) is 2. The van der Waals surface area contributed by atoms with E-state index in [1.54, 1.807) is 54.6 Å². The average Bonchev–Trinajstić information content (AvgIpc) is 2.99. The van der Waals surface area contributed by atoms with Gasteiger partial charge in [0.2, 0.25) is 11.8 Å². The first-order chi connectivity index (χ1) is 21.0. The summed E-state index contributed by atoms with van der Waals surface area (Å²) < 4.78 is 29.3. The van der Waals surface area contributed by atoms with E-state index >= 15 is 0 Å². The van der Waals surface area contributed by atoms with Gasteiger partial charge in [0.15, 0.2) is 0 Å². The van der Waals surface area contributed by atoms with Gasteiger partial charge in [0.1, 0.15) is 12.6 Å². The van der Waals surface area contributed by atoms with Crippen molar-refractivity contribution in [2.24, 2.45) is 0 Å². The van der Waals surface area contributed by atoms with Crippen LogP contribution in [0, 0.1) is 13.8 Å². The molecule has 0 spiro atoms. The summed E-state index contributed by atoms with van der Waals surface area (Å²) in [6.07, 6.45) is 0.227. The summed E-state index contributed by atoms with van der Waals surface area (Å²) in [5.74, 6) is -0.881. The number of sulfonamides is 1. The van der Waals surface area contributed by atoms with Gasteiger partial charge in [-0.2, -0.15) is 0 Å². The molecule has 0 unspecified atom stereocenters. The molecule has 0 saturated carbocycles. The number of rotatable bonds is 12. The van der Waals surface area contributed by atoms with E-state index in [1.807, 2.05) is 64.1 Å². The Labute approximate surface area is 265 Å². The summed E-state index contributed by atoms with van der Waals surface area (Å²) in [6, 6.07) is 28.9. The summed E-state index contributed by atoms with van der Waals surface area (Å²) in [5, 5.41) is 3.39. The SMILES string of the molecule is Cc1ccc(N(CC(=O)N(Cc2ccccc2Cl)[C@@H](Cc2ccccc2)C(=O)NC(C)C)S(=O)(=O)c2ccc(C)cc2)cc1. The molecule has 0 bridgehead atoms. The molecule has 230 valence electrons. The number of carbonyl (C=O) groups excluding carboxylic acids is 2. The smallest absolute Gasteiger partial charge is 0.264 e. The fourth-order valence-electron chi connectivity index (χ4n) is 4.82. The van der Waals surface area contributed by atoms with Crippen molar-refractivity contribution in [3.63, 3.8) is 0 Å². The summed E-state index contributed by atoms with van der Waals surface area (Å²) in [4.78, 5) is 29.7. The number of hydrogen-bond acceptors (Lipinski definition) is 4. The van der Waals surface area contributed by atoms with Crippen molar-refractivity contribution in [3.8, 4) is 0 Å². The average molecular weight is 632 g/mol. The molecular formula is C35H38ClN3O4S. The Hall–Kier alpha value is -4.14. The minimum atomic E-state index is -4.16. The first-order valence-electron chi connectivity index (χ1n) is 14.5. The highest BCUT2D eigenvalue weighted by Gasteiger charge is 2.35. The predicted molar refractivity (Wildman–Crippen MR) is 176 cm³/mol. The Balaban J connectivity index is 1.81. The van der Waals surface area contributed by atoms with Crippen LogP contribution in [0.3, 0.4) is 0 Å². The Morgan fingerprint density at radius 2 is 1.36 bits per heavy atom. The number of amides is 2. The van der Waals surface area contributed by atoms with E-state index in [2.05, 4.69) is 5.32 Å². The van der Waals surface area contributed by atoms with E-state index < -0.39 is 28.5 Å². The molecule has 2 amide bonds. The highest BCUT2D eigenvalue weighted by Crippen LogP contribution is 2.26. The maximum absolute atomic E-state index is 14.5. The van der Waals surface area contributed by atoms with Crippen LogP contribution in [0.1, 0.15) is 36.1 Å². The number of aryl methyl sites for hydroxylation is 2. The zero-order valence-electron chi connectivity index (χ0n) is 25.4. The predicted octanol–water partition coefficient (Wildman–Crippen LogP) is 6.32. The van der Waals surface area contributed by atoms with Crippen molar-refractivity contribution in [3.05, 3.63) is 130 Å². The highest BCUT2D eigenvalue weighted by atomic mass is 35.5. The molecule has 1 N–H and O–H groups in total. The van der Waals surface area contributed by atoms with Gasteiger partial charge in [0, 0.05) is 24.0 Å². The summed E-state index contributed by atoms with van der Waals surface area (Å²) in [7, 11) is -4.16. The van der Waals surface area contributed by atoms with Crippen molar-refractivity contribution in [2.75, 3.05) is 10.8 Å². The molecule has 4 aromatic rings. The van der Waals surface area contributed by atoms with Crippen LogP contribution in [0.25, 0.3) is 0 Å². The van der Waals surface area contributed by atoms with Crippen molar-refractivity contribution in [1.29, 1.82) is 0 Å². The summed E-state index contributed by atoms with van der Waals surface area (Å²) in [5.41, 5.74) is 3.69. The largest absolute Gasteiger partial charge is 0.352 e. The number of anilines is 1. The normalized spacial score (nSPS) is 12.0. The lowest BCUT2D eigenvalue weighted by Gasteiger charge is -2.34. The van der Waals surface area contributed by atoms with Gasteiger partial charge in [-0.25, -0.2) is 8.42 Å². The second kappa shape index (κ2) is 14.6. The van der Waals surface area contributed by atoms with Gasteiger partial charge < -0.3 is 10.2 Å². The summed E-state index contributed by atoms with van der Waals surface area (Å²) in [6.45, 7) is 6.97. The molecule has 0 aromatic heterocycles. The van der Waals surface area contributed by atoms with E-state index in [-0.39, 0.29) is 29.8 Å². The van der Waals surface area contributed by atoms with Gasteiger partial charge >= 0.3 is 0 Å². The molecule has 7 nitrogen and oxygen atoms in total. The van der Waals surface area contributed by atoms with Crippen LogP contribution in [0.15, 0.2) is 108 Å². The van der Waals surface area contributed by atoms with Crippen LogP contribution < -0.4 is 9.62 Å². The highest BCUT2D eigenvalue weighted by molar-refractivity contribution is 7.92. The van der Waals surface area contributed by atoms with Crippen LogP contribution in [0.4, 0.5) is 5.69 Å². The molecule has 0 heterocycles. The lowest BCUT2D eigenvalue weighted by atomic mass is 10.0. The van der Waals surface area contributed by atoms with E-state index in [0.717, 1.165) is 21.0 Å². The maximum Gasteiger partial charge on any atom is 0.264 e. The minimum Gasteiger partial charge on any atom is -0.352 e. The lowest BCUT2D eigenvalue weighted by molar-refractivity contribution is -0.140. The number of benzene rings is 4. The third-order valence-electron chi connectivity index (χ3n) is 7.21. The van der Waals surface area contributed by atoms with Crippen molar-refractivity contribution in [1.82, 2.24) is 10.2 Å². The Bertz CT molecular complexity index is 1680. The van der Waals surface area contributed by atoms with Gasteiger partial charge in [-0.05, 0) is 69.2 Å². The number of nitrogens with one attached hydrogen (secondary N) is 1. The van der Waals surface area contributed by atoms with E-state index in [4.69, 9.17) is 11.6 Å². The lowest BCUT2D eigenvalue weighted by Crippen LogP contribution is -2.54. The molecule has 9 heteroatoms. The molecule has 4 rings (SSSR count). The third-order valence-corrected chi connectivity index (χ3v) is 9.37. The van der Waals surface area contributed by atoms with Crippen LogP contribution in [0.2, 0.25) is 5.02 Å². The zero-order chi connectivity index (χ0) is 31.9. The molecule has 4 aromatic carbocycles. The quantitative estimate of drug-likeness (QED) is 0.198. The molecule has 0 fully saturated rings. The fraction of sp³-hybridized carbons (Fsp3) is 0.257. The number of carbonyl (C=O) groups is 2. The van der Waals surface area contributed by atoms with Crippen LogP contribution >= 0.6 is 11.6 Å². The van der Waals surface area contributed by atoms with Gasteiger partial charge in [-0.1, -0.05) is 95.5 Å². The molecule has 0 aliphatic heterocycles. The molecule has 0 aliphatic carbocycles. The standard InChI is InChI=1S/C35H38ClN3O4S/c1-25(2)37-35(41)33(22-28-10-6-5-7-11-28)38(23-29-12-8-9-13-32(29)36)34(40)24-39(30-18-14-26(3)15-19-30)44(42,43)31-20-16-27(4)17-21-31/h5-21,25,33H,22-24H2,1-4H3,(H,37,41)/t33-/m0/s1. The topological polar surface area (TPSA) is 86.8 Å². The number of hydrogen-bond donors (Lipinski definition) is 1. The van der Waals surface area contributed by atoms with Gasteiger partial charge in [0.05, 0.1) is 10.6 Å². The van der Waals surface area contributed by atoms with Crippen molar-refractivity contribution >= 4 is 39.1 Å². The van der Waals surface area contributed by atoms with Crippen LogP contribution in [-0.2, 0) is 32.6 Å². The van der Waals surface area contributed by atoms with Crippen molar-refractivity contribution < 1.29 is 18.0 Å². The molecule has 0 aliphatic rings. The first kappa shape index (κ1) is 32.8. The molecule has 44 heavy (non-hydrogen) atoms. The third kappa shape index (κ3) is 8.27. The monoisotopic (exact) mass is 631 g/mol. The molecule has 1 atom stereocenters. The van der Waals surface area contributed by atoms with Gasteiger partial charge in [-0.15, -0.1) is 0 Å². The van der Waals surface area contributed by atoms with Gasteiger partial charge in [0.25, 0.3) is 10.0 Å². The molecule has 0 saturated heterocycles. The Morgan fingerprint density at radius 1 is 0.795 bits per heavy atom. The Morgan fingerprint density at radius 3 is 1.95 bits per heavy atom. The van der Waals surface area contributed by atoms with Crippen LogP contribution in [-0.4, -0.2) is 43.8 Å². The zero-order valence-corrected chi connectivity index (χ0v) is 27.0. The minimum absolute atomic E-state index is 0.00778. The molecular weight excluding hydrogens is 594 g/mol. The fourth-order valence-corrected chi connectivity index (χ4v) is 6.43. The van der Waals surface area contributed by atoms with E-state index in [0.29, 0.717) is 16.3 Å². The first-order valence-corrected chi connectivity index (χ1v) is 16.3. The van der Waals surface area contributed by atoms with Gasteiger partial charge in [-0.3, -0.25) is 13.9 Å². The second-order valence-corrected chi connectivity index (χ2v) is 13.4. The Kier molecular flexibility index (Phi) is 10.8. The summed E-state index contributed by atoms with van der Waals surface area (Å²) >= 11 is 6.54. The van der Waals surface area contributed by atoms with Crippen LogP contribution in [0.5, 0.6) is 0 Å². The van der Waals surface area contributed by atoms with E-state index in [1.165, 1.54) is 17.0 Å². The maximum atomic E-state index is 14.5. The van der Waals surface area contributed by atoms with E-state index in [9.17, 15) is 18.0 Å². The van der Waals surface area contributed by atoms with Crippen molar-refractivity contribution in [2.45, 2.75) is 57.6 Å².